The lowest BCUT2D eigenvalue weighted by Gasteiger charge is -2.36. The lowest BCUT2D eigenvalue weighted by atomic mass is 9.95. The third kappa shape index (κ3) is 4.44. The predicted molar refractivity (Wildman–Crippen MR) is 84.9 cm³/mol. The first-order chi connectivity index (χ1) is 9.74. The normalized spacial score (nSPS) is 24.6. The Labute approximate surface area is 125 Å². The first-order valence-electron chi connectivity index (χ1n) is 8.90. The summed E-state index contributed by atoms with van der Waals surface area (Å²) in [4.78, 5) is 2.71. The molecule has 1 heterocycles. The number of aliphatic hydroxyl groups excluding tert-OH is 1. The highest BCUT2D eigenvalue weighted by atomic mass is 16.3. The molecule has 0 bridgehead atoms. The van der Waals surface area contributed by atoms with Crippen molar-refractivity contribution in [2.24, 2.45) is 5.92 Å². The van der Waals surface area contributed by atoms with Crippen LogP contribution < -0.4 is 5.32 Å². The van der Waals surface area contributed by atoms with E-state index in [4.69, 9.17) is 0 Å². The third-order valence-corrected chi connectivity index (χ3v) is 5.58. The predicted octanol–water partition coefficient (Wildman–Crippen LogP) is 2.78. The average Bonchev–Trinajstić information content (AvgIpc) is 3.01. The first-order valence-corrected chi connectivity index (χ1v) is 8.90. The fourth-order valence-corrected chi connectivity index (χ4v) is 4.03. The molecular weight excluding hydrogens is 248 g/mol. The molecule has 0 aromatic heterocycles. The Bertz CT molecular complexity index is 254. The van der Waals surface area contributed by atoms with Crippen molar-refractivity contribution in [2.75, 3.05) is 19.6 Å². The van der Waals surface area contributed by atoms with Crippen molar-refractivity contribution in [3.05, 3.63) is 0 Å². The fourth-order valence-electron chi connectivity index (χ4n) is 4.03. The Balaban J connectivity index is 1.64. The fraction of sp³-hybridized carbons (Fsp3) is 1.00. The highest BCUT2D eigenvalue weighted by Crippen LogP contribution is 2.26. The molecule has 2 rings (SSSR count). The van der Waals surface area contributed by atoms with Gasteiger partial charge in [-0.2, -0.15) is 0 Å². The van der Waals surface area contributed by atoms with E-state index in [0.29, 0.717) is 12.0 Å². The molecule has 1 saturated heterocycles. The van der Waals surface area contributed by atoms with Crippen LogP contribution in [-0.4, -0.2) is 47.8 Å². The molecule has 2 aliphatic rings. The van der Waals surface area contributed by atoms with E-state index in [9.17, 15) is 5.11 Å². The minimum atomic E-state index is -0.169. The number of rotatable bonds is 7. The number of nitrogens with one attached hydrogen (secondary N) is 1. The van der Waals surface area contributed by atoms with Crippen LogP contribution >= 0.6 is 0 Å². The van der Waals surface area contributed by atoms with Crippen LogP contribution in [0.2, 0.25) is 0 Å². The molecule has 2 N–H and O–H groups in total. The summed E-state index contributed by atoms with van der Waals surface area (Å²) in [6.45, 7) is 7.64. The molecule has 2 fully saturated rings. The molecule has 0 aromatic carbocycles. The van der Waals surface area contributed by atoms with Crippen LogP contribution in [0.4, 0.5) is 0 Å². The van der Waals surface area contributed by atoms with Gasteiger partial charge in [-0.25, -0.2) is 0 Å². The van der Waals surface area contributed by atoms with Gasteiger partial charge in [0.15, 0.2) is 0 Å². The van der Waals surface area contributed by atoms with Gasteiger partial charge in [-0.1, -0.05) is 39.5 Å². The Kier molecular flexibility index (Phi) is 6.79. The molecule has 1 saturated carbocycles. The molecule has 1 atom stereocenters. The summed E-state index contributed by atoms with van der Waals surface area (Å²) in [6.07, 6.45) is 10.2. The minimum absolute atomic E-state index is 0.169. The summed E-state index contributed by atoms with van der Waals surface area (Å²) in [5, 5.41) is 13.8. The molecule has 20 heavy (non-hydrogen) atoms. The van der Waals surface area contributed by atoms with E-state index in [1.165, 1.54) is 51.6 Å². The zero-order valence-corrected chi connectivity index (χ0v) is 13.5. The molecule has 0 amide bonds. The van der Waals surface area contributed by atoms with Crippen LogP contribution in [0.15, 0.2) is 0 Å². The van der Waals surface area contributed by atoms with Gasteiger partial charge in [-0.05, 0) is 44.7 Å². The maximum absolute atomic E-state index is 10.2. The Morgan fingerprint density at radius 3 is 2.20 bits per heavy atom. The number of piperidine rings is 1. The van der Waals surface area contributed by atoms with Gasteiger partial charge in [0.25, 0.3) is 0 Å². The summed E-state index contributed by atoms with van der Waals surface area (Å²) in [7, 11) is 0. The van der Waals surface area contributed by atoms with Gasteiger partial charge in [-0.3, -0.25) is 0 Å². The second-order valence-corrected chi connectivity index (χ2v) is 6.80. The average molecular weight is 282 g/mol. The van der Waals surface area contributed by atoms with Crippen molar-refractivity contribution >= 4 is 0 Å². The lowest BCUT2D eigenvalue weighted by molar-refractivity contribution is 0.0891. The topological polar surface area (TPSA) is 35.5 Å². The molecular formula is C17H34N2O. The van der Waals surface area contributed by atoms with Gasteiger partial charge < -0.3 is 15.3 Å². The van der Waals surface area contributed by atoms with E-state index in [-0.39, 0.29) is 6.10 Å². The van der Waals surface area contributed by atoms with Crippen molar-refractivity contribution in [3.63, 3.8) is 0 Å². The molecule has 118 valence electrons. The molecule has 0 spiro atoms. The Morgan fingerprint density at radius 1 is 1.05 bits per heavy atom. The molecule has 3 heteroatoms. The van der Waals surface area contributed by atoms with E-state index >= 15 is 0 Å². The zero-order valence-electron chi connectivity index (χ0n) is 13.5. The number of hydrogen-bond donors (Lipinski definition) is 2. The van der Waals surface area contributed by atoms with Crippen molar-refractivity contribution in [1.82, 2.24) is 10.2 Å². The molecule has 0 aromatic rings. The van der Waals surface area contributed by atoms with Crippen molar-refractivity contribution in [3.8, 4) is 0 Å². The summed E-state index contributed by atoms with van der Waals surface area (Å²) in [5.41, 5.74) is 0. The van der Waals surface area contributed by atoms with Crippen LogP contribution in [0, 0.1) is 5.92 Å². The number of aliphatic hydroxyl groups is 1. The third-order valence-electron chi connectivity index (χ3n) is 5.58. The SMILES string of the molecule is CCC(CC)C(O)CNC1CCN(C2CCCC2)CC1. The van der Waals surface area contributed by atoms with E-state index < -0.39 is 0 Å². The summed E-state index contributed by atoms with van der Waals surface area (Å²) >= 11 is 0. The van der Waals surface area contributed by atoms with E-state index in [2.05, 4.69) is 24.1 Å². The standard InChI is InChI=1S/C17H34N2O/c1-3-14(4-2)17(20)13-18-15-9-11-19(12-10-15)16-7-5-6-8-16/h14-18,20H,3-13H2,1-2H3. The van der Waals surface area contributed by atoms with Gasteiger partial charge in [0.1, 0.15) is 0 Å². The summed E-state index contributed by atoms with van der Waals surface area (Å²) in [5.74, 6) is 0.459. The largest absolute Gasteiger partial charge is 0.392 e. The smallest absolute Gasteiger partial charge is 0.0692 e. The van der Waals surface area contributed by atoms with E-state index in [1.54, 1.807) is 0 Å². The highest BCUT2D eigenvalue weighted by Gasteiger charge is 2.27. The van der Waals surface area contributed by atoms with E-state index in [1.807, 2.05) is 0 Å². The Hall–Kier alpha value is -0.120. The van der Waals surface area contributed by atoms with Crippen LogP contribution in [0.3, 0.4) is 0 Å². The second-order valence-electron chi connectivity index (χ2n) is 6.80. The van der Waals surface area contributed by atoms with Gasteiger partial charge in [0.05, 0.1) is 6.10 Å². The van der Waals surface area contributed by atoms with Crippen LogP contribution in [0.25, 0.3) is 0 Å². The molecule has 1 aliphatic carbocycles. The van der Waals surface area contributed by atoms with Crippen LogP contribution in [0.5, 0.6) is 0 Å². The van der Waals surface area contributed by atoms with Gasteiger partial charge in [0.2, 0.25) is 0 Å². The van der Waals surface area contributed by atoms with Crippen molar-refractivity contribution < 1.29 is 5.11 Å². The monoisotopic (exact) mass is 282 g/mol. The second kappa shape index (κ2) is 8.35. The maximum Gasteiger partial charge on any atom is 0.0692 e. The molecule has 3 nitrogen and oxygen atoms in total. The number of nitrogens with zero attached hydrogens (tertiary/aromatic N) is 1. The Morgan fingerprint density at radius 2 is 1.65 bits per heavy atom. The van der Waals surface area contributed by atoms with E-state index in [0.717, 1.165) is 25.4 Å². The van der Waals surface area contributed by atoms with Gasteiger partial charge in [-0.15, -0.1) is 0 Å². The van der Waals surface area contributed by atoms with Gasteiger partial charge >= 0.3 is 0 Å². The van der Waals surface area contributed by atoms with Crippen molar-refractivity contribution in [2.45, 2.75) is 83.4 Å². The summed E-state index contributed by atoms with van der Waals surface area (Å²) < 4.78 is 0. The lowest BCUT2D eigenvalue weighted by Crippen LogP contribution is -2.47. The molecule has 0 radical (unpaired) electrons. The van der Waals surface area contributed by atoms with Gasteiger partial charge in [0, 0.05) is 18.6 Å². The zero-order chi connectivity index (χ0) is 14.4. The number of likely N-dealkylation sites (tertiary alicyclic amines) is 1. The van der Waals surface area contributed by atoms with Crippen LogP contribution in [-0.2, 0) is 0 Å². The minimum Gasteiger partial charge on any atom is -0.392 e. The van der Waals surface area contributed by atoms with Crippen molar-refractivity contribution in [1.29, 1.82) is 0 Å². The molecule has 1 unspecified atom stereocenters. The quantitative estimate of drug-likeness (QED) is 0.754. The first kappa shape index (κ1) is 16.3. The van der Waals surface area contributed by atoms with Crippen LogP contribution in [0.1, 0.15) is 65.2 Å². The highest BCUT2D eigenvalue weighted by molar-refractivity contribution is 4.84. The number of hydrogen-bond acceptors (Lipinski definition) is 3. The molecule has 1 aliphatic heterocycles. The maximum atomic E-state index is 10.2. The summed E-state index contributed by atoms with van der Waals surface area (Å²) in [6, 6.07) is 1.50.